The highest BCUT2D eigenvalue weighted by atomic mass is 16.7. The highest BCUT2D eigenvalue weighted by Gasteiger charge is 2.50. The number of amides is 1. The van der Waals surface area contributed by atoms with E-state index in [0.29, 0.717) is 0 Å². The Morgan fingerprint density at radius 1 is 1.11 bits per heavy atom. The van der Waals surface area contributed by atoms with Gasteiger partial charge in [0, 0.05) is 14.0 Å². The lowest BCUT2D eigenvalue weighted by Gasteiger charge is -2.47. The van der Waals surface area contributed by atoms with E-state index in [1.54, 1.807) is 6.92 Å². The van der Waals surface area contributed by atoms with E-state index < -0.39 is 80.2 Å². The second-order valence-corrected chi connectivity index (χ2v) is 6.87. The van der Waals surface area contributed by atoms with Crippen molar-refractivity contribution in [2.75, 3.05) is 20.3 Å². The van der Waals surface area contributed by atoms with Gasteiger partial charge in [0.2, 0.25) is 5.91 Å². The smallest absolute Gasteiger partial charge is 0.217 e. The number of nitrogens with one attached hydrogen (secondary N) is 1. The second kappa shape index (κ2) is 9.54. The van der Waals surface area contributed by atoms with E-state index in [4.69, 9.17) is 24.7 Å². The van der Waals surface area contributed by atoms with Crippen LogP contribution in [0.15, 0.2) is 0 Å². The molecule has 7 N–H and O–H groups in total. The monoisotopic (exact) mass is 394 g/mol. The van der Waals surface area contributed by atoms with E-state index in [2.05, 4.69) is 5.32 Å². The first-order chi connectivity index (χ1) is 12.7. The Labute approximate surface area is 157 Å². The van der Waals surface area contributed by atoms with Gasteiger partial charge in [0.15, 0.2) is 6.29 Å². The zero-order chi connectivity index (χ0) is 20.3. The van der Waals surface area contributed by atoms with E-state index in [1.165, 1.54) is 14.0 Å². The lowest BCUT2D eigenvalue weighted by atomic mass is 9.93. The van der Waals surface area contributed by atoms with Gasteiger partial charge in [-0.3, -0.25) is 4.79 Å². The Kier molecular flexibility index (Phi) is 7.92. The number of rotatable bonds is 6. The average molecular weight is 394 g/mol. The molecule has 158 valence electrons. The van der Waals surface area contributed by atoms with Gasteiger partial charge in [-0.1, -0.05) is 0 Å². The number of aliphatic hydroxyl groups is 4. The van der Waals surface area contributed by atoms with Crippen molar-refractivity contribution in [1.82, 2.24) is 5.32 Å². The number of carbonyl (C=O) groups excluding carboxylic acids is 1. The van der Waals surface area contributed by atoms with Crippen LogP contribution in [0.25, 0.3) is 0 Å². The highest BCUT2D eigenvalue weighted by molar-refractivity contribution is 5.73. The van der Waals surface area contributed by atoms with Gasteiger partial charge in [0.25, 0.3) is 0 Å². The summed E-state index contributed by atoms with van der Waals surface area (Å²) in [6, 6.07) is -1.82. The molecule has 2 aliphatic rings. The summed E-state index contributed by atoms with van der Waals surface area (Å²) in [7, 11) is 1.34. The van der Waals surface area contributed by atoms with Gasteiger partial charge in [0.05, 0.1) is 25.4 Å². The molecule has 2 rings (SSSR count). The van der Waals surface area contributed by atoms with Crippen LogP contribution in [0, 0.1) is 0 Å². The van der Waals surface area contributed by atoms with Crippen LogP contribution in [-0.2, 0) is 23.7 Å². The van der Waals surface area contributed by atoms with Crippen LogP contribution < -0.4 is 11.1 Å². The number of nitrogens with two attached hydrogens (primary N) is 1. The molecule has 27 heavy (non-hydrogen) atoms. The molecule has 0 spiro atoms. The predicted molar refractivity (Wildman–Crippen MR) is 90.4 cm³/mol. The third-order valence-electron chi connectivity index (χ3n) is 5.00. The van der Waals surface area contributed by atoms with Crippen molar-refractivity contribution in [3.05, 3.63) is 0 Å². The van der Waals surface area contributed by atoms with Crippen LogP contribution >= 0.6 is 0 Å². The number of carbonyl (C=O) groups is 1. The number of ether oxygens (including phenoxy) is 4. The molecule has 2 aliphatic heterocycles. The summed E-state index contributed by atoms with van der Waals surface area (Å²) in [5.74, 6) is -0.446. The minimum Gasteiger partial charge on any atom is -0.394 e. The quantitative estimate of drug-likeness (QED) is 0.265. The van der Waals surface area contributed by atoms with Crippen molar-refractivity contribution in [2.24, 2.45) is 5.73 Å². The van der Waals surface area contributed by atoms with Crippen molar-refractivity contribution in [2.45, 2.75) is 74.9 Å². The van der Waals surface area contributed by atoms with Gasteiger partial charge >= 0.3 is 0 Å². The normalized spacial score (nSPS) is 45.5. The zero-order valence-electron chi connectivity index (χ0n) is 15.6. The predicted octanol–water partition coefficient (Wildman–Crippen LogP) is -3.56. The summed E-state index contributed by atoms with van der Waals surface area (Å²) in [6.07, 6.45) is -7.99. The third-order valence-corrected chi connectivity index (χ3v) is 5.00. The van der Waals surface area contributed by atoms with Gasteiger partial charge in [0.1, 0.15) is 42.7 Å². The fourth-order valence-corrected chi connectivity index (χ4v) is 3.49. The molecule has 0 radical (unpaired) electrons. The molecule has 11 nitrogen and oxygen atoms in total. The summed E-state index contributed by atoms with van der Waals surface area (Å²) >= 11 is 0. The molecule has 4 unspecified atom stereocenters. The number of hydrogen-bond donors (Lipinski definition) is 6. The molecular formula is C16H30N2O9. The summed E-state index contributed by atoms with van der Waals surface area (Å²) in [5, 5.41) is 42.7. The molecule has 2 heterocycles. The zero-order valence-corrected chi connectivity index (χ0v) is 15.6. The topological polar surface area (TPSA) is 173 Å². The molecule has 2 fully saturated rings. The molecule has 0 aromatic carbocycles. The van der Waals surface area contributed by atoms with E-state index in [1.807, 2.05) is 0 Å². The molecule has 0 bridgehead atoms. The average Bonchev–Trinajstić information content (AvgIpc) is 2.63. The van der Waals surface area contributed by atoms with E-state index in [-0.39, 0.29) is 0 Å². The molecule has 2 saturated heterocycles. The van der Waals surface area contributed by atoms with Crippen LogP contribution in [0.2, 0.25) is 0 Å². The first kappa shape index (κ1) is 22.4. The standard InChI is InChI=1S/C16H30N2O9/c1-6-10(17)12(22)15(9(5-20)25-6)27-16-11(18-7(2)21)13(23)14(24-3)8(4-19)26-16/h6,8-16,19-20,22-23H,4-5,17H2,1-3H3,(H,18,21)/t6-,8-,9?,10?,11?,12+,13?,14+,15+,16-/m0/s1. The van der Waals surface area contributed by atoms with Crippen molar-refractivity contribution in [3.63, 3.8) is 0 Å². The summed E-state index contributed by atoms with van der Waals surface area (Å²) in [6.45, 7) is 2.02. The SMILES string of the molecule is CO[C@H]1C(O)C(NC(C)=O)[C@H](O[C@@H]2C(CO)O[C@@H](C)C(N)[C@H]2O)O[C@H]1CO. The van der Waals surface area contributed by atoms with Crippen molar-refractivity contribution in [3.8, 4) is 0 Å². The number of hydrogen-bond acceptors (Lipinski definition) is 10. The lowest BCUT2D eigenvalue weighted by Crippen LogP contribution is -2.68. The van der Waals surface area contributed by atoms with Crippen molar-refractivity contribution in [1.29, 1.82) is 0 Å². The fraction of sp³-hybridized carbons (Fsp3) is 0.938. The lowest BCUT2D eigenvalue weighted by molar-refractivity contribution is -0.314. The Hall–Kier alpha value is -0.890. The van der Waals surface area contributed by atoms with Gasteiger partial charge in [-0.15, -0.1) is 0 Å². The third kappa shape index (κ3) is 4.75. The Morgan fingerprint density at radius 3 is 2.22 bits per heavy atom. The minimum absolute atomic E-state index is 0.441. The molecule has 0 aromatic rings. The van der Waals surface area contributed by atoms with Gasteiger partial charge in [-0.2, -0.15) is 0 Å². The van der Waals surface area contributed by atoms with Crippen molar-refractivity contribution >= 4 is 5.91 Å². The van der Waals surface area contributed by atoms with E-state index in [0.717, 1.165) is 0 Å². The van der Waals surface area contributed by atoms with E-state index >= 15 is 0 Å². The van der Waals surface area contributed by atoms with E-state index in [9.17, 15) is 25.2 Å². The molecule has 1 amide bonds. The molecule has 0 saturated carbocycles. The highest BCUT2D eigenvalue weighted by Crippen LogP contribution is 2.29. The minimum atomic E-state index is -1.25. The Bertz CT molecular complexity index is 495. The summed E-state index contributed by atoms with van der Waals surface area (Å²) in [5.41, 5.74) is 5.92. The summed E-state index contributed by atoms with van der Waals surface area (Å²) < 4.78 is 22.2. The molecule has 10 atom stereocenters. The first-order valence-electron chi connectivity index (χ1n) is 8.84. The molecule has 0 aromatic heterocycles. The maximum Gasteiger partial charge on any atom is 0.217 e. The maximum absolute atomic E-state index is 11.6. The summed E-state index contributed by atoms with van der Waals surface area (Å²) in [4.78, 5) is 11.6. The van der Waals surface area contributed by atoms with Crippen LogP contribution in [-0.4, -0.2) is 108 Å². The Morgan fingerprint density at radius 2 is 1.70 bits per heavy atom. The van der Waals surface area contributed by atoms with Crippen LogP contribution in [0.4, 0.5) is 0 Å². The van der Waals surface area contributed by atoms with Crippen molar-refractivity contribution < 1.29 is 44.2 Å². The molecular weight excluding hydrogens is 364 g/mol. The van der Waals surface area contributed by atoms with Crippen LogP contribution in [0.1, 0.15) is 13.8 Å². The molecule has 0 aliphatic carbocycles. The van der Waals surface area contributed by atoms with Gasteiger partial charge in [-0.25, -0.2) is 0 Å². The second-order valence-electron chi connectivity index (χ2n) is 6.87. The first-order valence-corrected chi connectivity index (χ1v) is 8.84. The maximum atomic E-state index is 11.6. The van der Waals surface area contributed by atoms with Crippen LogP contribution in [0.3, 0.4) is 0 Å². The number of methoxy groups -OCH3 is 1. The number of aliphatic hydroxyl groups excluding tert-OH is 4. The Balaban J connectivity index is 2.24. The fourth-order valence-electron chi connectivity index (χ4n) is 3.49. The van der Waals surface area contributed by atoms with Gasteiger partial charge in [-0.05, 0) is 6.92 Å². The van der Waals surface area contributed by atoms with Crippen LogP contribution in [0.5, 0.6) is 0 Å². The molecule has 11 heteroatoms. The van der Waals surface area contributed by atoms with Gasteiger partial charge < -0.3 is 50.4 Å². The largest absolute Gasteiger partial charge is 0.394 e.